The number of aryl methyl sites for hydroxylation is 1. The first-order chi connectivity index (χ1) is 25.4. The molecule has 0 fully saturated rings. The molecule has 20 heteroatoms. The number of benzene rings is 2. The number of rotatable bonds is 9. The number of para-hydroxylation sites is 1. The Labute approximate surface area is 304 Å². The number of amides is 1. The van der Waals surface area contributed by atoms with Crippen LogP contribution in [0.15, 0.2) is 48.0 Å². The highest BCUT2D eigenvalue weighted by Gasteiger charge is 2.62. The van der Waals surface area contributed by atoms with Gasteiger partial charge in [-0.1, -0.05) is 24.0 Å². The van der Waals surface area contributed by atoms with E-state index >= 15 is 8.78 Å². The van der Waals surface area contributed by atoms with E-state index in [-0.39, 0.29) is 29.1 Å². The van der Waals surface area contributed by atoms with Gasteiger partial charge in [-0.05, 0) is 36.2 Å². The highest BCUT2D eigenvalue weighted by molar-refractivity contribution is 7.92. The van der Waals surface area contributed by atoms with Gasteiger partial charge in [-0.25, -0.2) is 27.2 Å². The SMILES string of the molecule is Cn1nc(NS(C)(=O)=O)c2cccc(-c3cc4scnc4nc3C(Cc3cc(F)cc(F)c3)NC(=O)Cn3nc(C(F)(F)F)c4c3C(F)(F)[C@@H]3C#C[C@H]43)c21. The van der Waals surface area contributed by atoms with Crippen LogP contribution in [-0.4, -0.2) is 50.1 Å². The zero-order valence-corrected chi connectivity index (χ0v) is 29.3. The molecule has 0 bridgehead atoms. The third kappa shape index (κ3) is 6.00. The molecule has 2 aromatic carbocycles. The number of hydrogen-bond donors (Lipinski definition) is 2. The van der Waals surface area contributed by atoms with Crippen molar-refractivity contribution in [2.24, 2.45) is 13.0 Å². The van der Waals surface area contributed by atoms with Gasteiger partial charge in [0, 0.05) is 35.2 Å². The van der Waals surface area contributed by atoms with Gasteiger partial charge in [-0.2, -0.15) is 32.1 Å². The van der Waals surface area contributed by atoms with Crippen LogP contribution in [0, 0.1) is 29.4 Å². The Balaban J connectivity index is 1.26. The van der Waals surface area contributed by atoms with Crippen molar-refractivity contribution in [2.45, 2.75) is 37.0 Å². The maximum Gasteiger partial charge on any atom is 0.435 e. The molecular weight excluding hydrogens is 766 g/mol. The van der Waals surface area contributed by atoms with Gasteiger partial charge in [0.2, 0.25) is 15.9 Å². The van der Waals surface area contributed by atoms with E-state index in [9.17, 15) is 35.2 Å². The summed E-state index contributed by atoms with van der Waals surface area (Å²) in [6, 6.07) is 7.98. The molecule has 3 atom stereocenters. The fraction of sp³-hybridized carbons (Fsp3) is 0.265. The van der Waals surface area contributed by atoms with E-state index in [1.807, 2.05) is 0 Å². The van der Waals surface area contributed by atoms with Crippen LogP contribution in [0.1, 0.15) is 40.2 Å². The minimum atomic E-state index is -5.12. The Morgan fingerprint density at radius 1 is 1.07 bits per heavy atom. The lowest BCUT2D eigenvalue weighted by Gasteiger charge is -2.24. The molecule has 0 saturated heterocycles. The quantitative estimate of drug-likeness (QED) is 0.135. The van der Waals surface area contributed by atoms with Crippen LogP contribution >= 0.6 is 11.3 Å². The molecule has 54 heavy (non-hydrogen) atoms. The predicted octanol–water partition coefficient (Wildman–Crippen LogP) is 6.03. The summed E-state index contributed by atoms with van der Waals surface area (Å²) in [5.74, 6) is -5.29. The zero-order chi connectivity index (χ0) is 38.5. The summed E-state index contributed by atoms with van der Waals surface area (Å²) in [6.07, 6.45) is -4.50. The Bertz CT molecular complexity index is 2710. The summed E-state index contributed by atoms with van der Waals surface area (Å²) in [5.41, 5.74) is -0.378. The number of thiazole rings is 1. The number of nitrogens with zero attached hydrogens (tertiary/aromatic N) is 6. The van der Waals surface area contributed by atoms with Crippen molar-refractivity contribution < 1.29 is 43.9 Å². The molecule has 6 aromatic rings. The minimum absolute atomic E-state index is 0.0194. The van der Waals surface area contributed by atoms with Gasteiger partial charge in [0.15, 0.2) is 17.2 Å². The summed E-state index contributed by atoms with van der Waals surface area (Å²) in [4.78, 5) is 22.8. The van der Waals surface area contributed by atoms with E-state index in [0.717, 1.165) is 18.4 Å². The number of alkyl halides is 5. The normalized spacial score (nSPS) is 17.8. The van der Waals surface area contributed by atoms with Crippen molar-refractivity contribution in [1.82, 2.24) is 34.8 Å². The van der Waals surface area contributed by atoms with Gasteiger partial charge < -0.3 is 5.32 Å². The average Bonchev–Trinajstić information content (AvgIpc) is 3.76. The number of hydrogen-bond acceptors (Lipinski definition) is 8. The van der Waals surface area contributed by atoms with Gasteiger partial charge >= 0.3 is 12.1 Å². The molecule has 0 saturated carbocycles. The fourth-order valence-corrected chi connectivity index (χ4v) is 8.19. The van der Waals surface area contributed by atoms with Crippen LogP contribution in [-0.2, 0) is 46.9 Å². The average molecular weight is 789 g/mol. The number of pyridine rings is 1. The maximum absolute atomic E-state index is 15.5. The first kappa shape index (κ1) is 35.5. The summed E-state index contributed by atoms with van der Waals surface area (Å²) >= 11 is 1.22. The lowest BCUT2D eigenvalue weighted by Crippen LogP contribution is -2.36. The Morgan fingerprint density at radius 2 is 1.81 bits per heavy atom. The molecule has 1 unspecified atom stereocenters. The van der Waals surface area contributed by atoms with Gasteiger partial charge in [0.25, 0.3) is 0 Å². The largest absolute Gasteiger partial charge is 0.435 e. The van der Waals surface area contributed by atoms with Crippen molar-refractivity contribution >= 4 is 54.3 Å². The van der Waals surface area contributed by atoms with Gasteiger partial charge in [-0.3, -0.25) is 18.9 Å². The topological polar surface area (TPSA) is 137 Å². The van der Waals surface area contributed by atoms with E-state index in [1.165, 1.54) is 21.5 Å². The molecular formula is C34H23F7N8O3S2. The summed E-state index contributed by atoms with van der Waals surface area (Å²) < 4.78 is 131. The third-order valence-corrected chi connectivity index (χ3v) is 10.4. The molecule has 278 valence electrons. The Kier molecular flexibility index (Phi) is 8.04. The molecule has 0 spiro atoms. The number of carbonyl (C=O) groups is 1. The molecule has 0 radical (unpaired) electrons. The molecule has 2 aliphatic carbocycles. The van der Waals surface area contributed by atoms with Crippen LogP contribution in [0.2, 0.25) is 0 Å². The monoisotopic (exact) mass is 788 g/mol. The number of nitrogens with one attached hydrogen (secondary N) is 2. The van der Waals surface area contributed by atoms with Crippen molar-refractivity contribution in [3.05, 3.63) is 87.8 Å². The van der Waals surface area contributed by atoms with Gasteiger partial charge in [-0.15, -0.1) is 11.3 Å². The van der Waals surface area contributed by atoms with Gasteiger partial charge in [0.1, 0.15) is 29.8 Å². The first-order valence-electron chi connectivity index (χ1n) is 15.9. The number of anilines is 1. The lowest BCUT2D eigenvalue weighted by atomic mass is 9.84. The number of carbonyl (C=O) groups excluding carboxylic acids is 1. The first-order valence-corrected chi connectivity index (χ1v) is 18.7. The molecule has 4 heterocycles. The minimum Gasteiger partial charge on any atom is -0.346 e. The van der Waals surface area contributed by atoms with Crippen LogP contribution in [0.3, 0.4) is 0 Å². The Morgan fingerprint density at radius 3 is 2.48 bits per heavy atom. The molecule has 1 amide bonds. The van der Waals surface area contributed by atoms with Crippen LogP contribution in [0.4, 0.5) is 36.6 Å². The smallest absolute Gasteiger partial charge is 0.346 e. The number of sulfonamides is 1. The lowest BCUT2D eigenvalue weighted by molar-refractivity contribution is -0.142. The third-order valence-electron chi connectivity index (χ3n) is 9.11. The molecule has 4 aromatic heterocycles. The second kappa shape index (κ2) is 12.2. The van der Waals surface area contributed by atoms with Crippen molar-refractivity contribution in [3.8, 4) is 23.0 Å². The van der Waals surface area contributed by atoms with E-state index < -0.39 is 81.0 Å². The maximum atomic E-state index is 15.5. The predicted molar refractivity (Wildman–Crippen MR) is 182 cm³/mol. The second-order valence-corrected chi connectivity index (χ2v) is 15.5. The van der Waals surface area contributed by atoms with E-state index in [1.54, 1.807) is 31.3 Å². The van der Waals surface area contributed by atoms with E-state index in [0.29, 0.717) is 37.5 Å². The van der Waals surface area contributed by atoms with E-state index in [2.05, 4.69) is 37.1 Å². The summed E-state index contributed by atoms with van der Waals surface area (Å²) in [5, 5.41) is 10.8. The van der Waals surface area contributed by atoms with Gasteiger partial charge in [0.05, 0.1) is 39.6 Å². The van der Waals surface area contributed by atoms with Crippen molar-refractivity contribution in [1.29, 1.82) is 0 Å². The standard InChI is InChI=1S/C34H23F7N8O3S2/c1-48-28-18(4-3-5-20(28)31(46-48)47-54(2,51)52)21-12-24-32(42-14-53-24)44-27(21)23(10-15-8-16(35)11-17(36)9-15)43-25(50)13-49-30-26(29(45-49)34(39,40)41)19-6-7-22(19)33(30,37)38/h3-5,8-9,11-12,14,19,22-23H,10,13H2,1-2H3,(H,43,50)(H,46,47)/t19-,22+,23?/m0/s1. The number of halogens is 7. The molecule has 0 aliphatic heterocycles. The fourth-order valence-electron chi connectivity index (χ4n) is 7.04. The van der Waals surface area contributed by atoms with E-state index in [4.69, 9.17) is 4.98 Å². The van der Waals surface area contributed by atoms with Crippen molar-refractivity contribution in [3.63, 3.8) is 0 Å². The van der Waals surface area contributed by atoms with Crippen LogP contribution in [0.5, 0.6) is 0 Å². The molecule has 8 rings (SSSR count). The molecule has 2 N–H and O–H groups in total. The van der Waals surface area contributed by atoms with Crippen molar-refractivity contribution in [2.75, 3.05) is 11.0 Å². The Hall–Kier alpha value is -5.55. The number of aromatic nitrogens is 6. The number of fused-ring (bicyclic) bond motifs is 5. The molecule has 11 nitrogen and oxygen atoms in total. The highest BCUT2D eigenvalue weighted by atomic mass is 32.2. The summed E-state index contributed by atoms with van der Waals surface area (Å²) in [7, 11) is -2.19. The van der Waals surface area contributed by atoms with Crippen LogP contribution in [0.25, 0.3) is 32.4 Å². The molecule has 2 aliphatic rings. The zero-order valence-electron chi connectivity index (χ0n) is 27.6. The van der Waals surface area contributed by atoms with Crippen LogP contribution < -0.4 is 10.0 Å². The highest BCUT2D eigenvalue weighted by Crippen LogP contribution is 2.58. The summed E-state index contributed by atoms with van der Waals surface area (Å²) in [6.45, 7) is -1.09. The second-order valence-electron chi connectivity index (χ2n) is 12.9.